The molecule has 0 heterocycles. The van der Waals surface area contributed by atoms with Gasteiger partial charge in [0.25, 0.3) is 0 Å². The number of carbonyl (C=O) groups is 2. The Labute approximate surface area is 423 Å². The number of ether oxygens (including phenoxy) is 2. The van der Waals surface area contributed by atoms with E-state index < -0.39 is 6.10 Å². The Morgan fingerprint density at radius 2 is 0.632 bits per heavy atom. The molecule has 1 atom stereocenters. The number of rotatable bonds is 54. The minimum Gasteiger partial charge on any atom is -0.462 e. The van der Waals surface area contributed by atoms with Gasteiger partial charge in [-0.3, -0.25) is 9.59 Å². The van der Waals surface area contributed by atoms with E-state index in [4.69, 9.17) is 9.47 Å². The van der Waals surface area contributed by atoms with Crippen LogP contribution in [0, 0.1) is 0 Å². The second-order valence-electron chi connectivity index (χ2n) is 19.7. The number of hydrogen-bond donors (Lipinski definition) is 1. The van der Waals surface area contributed by atoms with Gasteiger partial charge in [0.2, 0.25) is 0 Å². The molecule has 5 nitrogen and oxygen atoms in total. The van der Waals surface area contributed by atoms with Crippen LogP contribution in [-0.2, 0) is 19.1 Å². The number of carbonyl (C=O) groups excluding carboxylic acids is 2. The first-order valence-corrected chi connectivity index (χ1v) is 29.5. The SMILES string of the molecule is CC/C=C\C/C=C\C/C=C\C/C=C\CCCCC(=O)OC(CO)COC(=O)CCCCCCCCCCCCCCCCCCCCCCCCCCCCC/C=C\C/C=C\CCCCCCC. The molecular formula is C63H112O5. The molecule has 0 amide bonds. The molecule has 0 radical (unpaired) electrons. The van der Waals surface area contributed by atoms with Crippen LogP contribution in [0.5, 0.6) is 0 Å². The quantitative estimate of drug-likeness (QED) is 0.0374. The molecule has 0 aliphatic heterocycles. The summed E-state index contributed by atoms with van der Waals surface area (Å²) in [5, 5.41) is 9.62. The van der Waals surface area contributed by atoms with Crippen LogP contribution in [0.15, 0.2) is 72.9 Å². The third-order valence-electron chi connectivity index (χ3n) is 13.0. The van der Waals surface area contributed by atoms with Crippen molar-refractivity contribution in [1.29, 1.82) is 0 Å². The molecule has 394 valence electrons. The summed E-state index contributed by atoms with van der Waals surface area (Å²) < 4.78 is 10.6. The molecule has 0 spiro atoms. The van der Waals surface area contributed by atoms with Crippen molar-refractivity contribution in [2.75, 3.05) is 13.2 Å². The highest BCUT2D eigenvalue weighted by molar-refractivity contribution is 5.70. The van der Waals surface area contributed by atoms with Gasteiger partial charge in [0, 0.05) is 12.8 Å². The highest BCUT2D eigenvalue weighted by atomic mass is 16.6. The average molecular weight is 950 g/mol. The topological polar surface area (TPSA) is 72.8 Å². The second kappa shape index (κ2) is 58.7. The Morgan fingerprint density at radius 3 is 0.985 bits per heavy atom. The van der Waals surface area contributed by atoms with Crippen molar-refractivity contribution in [3.63, 3.8) is 0 Å². The average Bonchev–Trinajstić information content (AvgIpc) is 3.34. The van der Waals surface area contributed by atoms with E-state index in [0.29, 0.717) is 12.8 Å². The number of unbranched alkanes of at least 4 members (excludes halogenated alkanes) is 34. The number of allylic oxidation sites excluding steroid dienone is 12. The van der Waals surface area contributed by atoms with Gasteiger partial charge in [0.05, 0.1) is 6.61 Å². The fourth-order valence-corrected chi connectivity index (χ4v) is 8.58. The van der Waals surface area contributed by atoms with E-state index in [1.165, 1.54) is 199 Å². The number of aliphatic hydroxyl groups is 1. The molecule has 0 fully saturated rings. The maximum atomic E-state index is 12.2. The first kappa shape index (κ1) is 65.3. The van der Waals surface area contributed by atoms with E-state index in [0.717, 1.165) is 70.6 Å². The zero-order valence-electron chi connectivity index (χ0n) is 45.1. The molecular weight excluding hydrogens is 837 g/mol. The van der Waals surface area contributed by atoms with E-state index in [2.05, 4.69) is 86.8 Å². The lowest BCUT2D eigenvalue weighted by molar-refractivity contribution is -0.161. The van der Waals surface area contributed by atoms with E-state index in [-0.39, 0.29) is 25.2 Å². The zero-order valence-corrected chi connectivity index (χ0v) is 45.1. The highest BCUT2D eigenvalue weighted by Gasteiger charge is 2.16. The van der Waals surface area contributed by atoms with Gasteiger partial charge in [-0.15, -0.1) is 0 Å². The third-order valence-corrected chi connectivity index (χ3v) is 13.0. The first-order chi connectivity index (χ1) is 33.6. The Balaban J connectivity index is 3.40. The monoisotopic (exact) mass is 949 g/mol. The molecule has 0 aromatic heterocycles. The minimum absolute atomic E-state index is 0.0822. The van der Waals surface area contributed by atoms with E-state index in [1.54, 1.807) is 0 Å². The van der Waals surface area contributed by atoms with E-state index >= 15 is 0 Å². The van der Waals surface area contributed by atoms with Gasteiger partial charge < -0.3 is 14.6 Å². The summed E-state index contributed by atoms with van der Waals surface area (Å²) >= 11 is 0. The molecule has 5 heteroatoms. The molecule has 0 aromatic carbocycles. The second-order valence-corrected chi connectivity index (χ2v) is 19.7. The van der Waals surface area contributed by atoms with Crippen molar-refractivity contribution in [2.45, 2.75) is 302 Å². The maximum absolute atomic E-state index is 12.2. The Bertz CT molecular complexity index is 1210. The molecule has 0 saturated carbocycles. The van der Waals surface area contributed by atoms with E-state index in [1.807, 2.05) is 0 Å². The molecule has 0 bridgehead atoms. The van der Waals surface area contributed by atoms with Crippen LogP contribution in [0.2, 0.25) is 0 Å². The predicted molar refractivity (Wildman–Crippen MR) is 297 cm³/mol. The first-order valence-electron chi connectivity index (χ1n) is 29.5. The molecule has 0 aromatic rings. The summed E-state index contributed by atoms with van der Waals surface area (Å²) in [6, 6.07) is 0. The molecule has 0 aliphatic carbocycles. The van der Waals surface area contributed by atoms with Gasteiger partial charge in [-0.05, 0) is 83.5 Å². The van der Waals surface area contributed by atoms with Crippen LogP contribution >= 0.6 is 0 Å². The zero-order chi connectivity index (χ0) is 49.2. The molecule has 0 rings (SSSR count). The van der Waals surface area contributed by atoms with Crippen molar-refractivity contribution in [1.82, 2.24) is 0 Å². The van der Waals surface area contributed by atoms with Crippen LogP contribution in [0.1, 0.15) is 296 Å². The van der Waals surface area contributed by atoms with Crippen molar-refractivity contribution in [3.05, 3.63) is 72.9 Å². The fraction of sp³-hybridized carbons (Fsp3) is 0.778. The molecule has 0 aliphatic rings. The predicted octanol–water partition coefficient (Wildman–Crippen LogP) is 20.0. The standard InChI is InChI=1S/C63H112O5/c1-3-5-7-9-11-13-15-17-19-20-21-22-23-24-25-26-27-28-29-30-31-32-33-34-35-36-37-38-39-40-41-42-44-45-47-49-51-53-55-57-62(65)67-60-61(59-64)68-63(66)58-56-54-52-50-48-46-43-18-16-14-12-10-8-6-4-2/h6,8,12,14-15,17-18,20-21,43,48,50,61,64H,3-5,7,9-11,13,16,19,22-42,44-47,49,51-60H2,1-2H3/b8-6-,14-12-,17-15-,21-20-,43-18-,50-48-. The van der Waals surface area contributed by atoms with Crippen LogP contribution in [-0.4, -0.2) is 36.4 Å². The Kier molecular flexibility index (Phi) is 56.4. The maximum Gasteiger partial charge on any atom is 0.306 e. The summed E-state index contributed by atoms with van der Waals surface area (Å²) in [6.45, 7) is 4.00. The van der Waals surface area contributed by atoms with Gasteiger partial charge in [0.15, 0.2) is 6.10 Å². The van der Waals surface area contributed by atoms with Crippen molar-refractivity contribution in [2.24, 2.45) is 0 Å². The number of hydrogen-bond acceptors (Lipinski definition) is 5. The third kappa shape index (κ3) is 55.9. The van der Waals surface area contributed by atoms with Gasteiger partial charge in [-0.2, -0.15) is 0 Å². The Hall–Kier alpha value is -2.66. The lowest BCUT2D eigenvalue weighted by Gasteiger charge is -2.15. The lowest BCUT2D eigenvalue weighted by atomic mass is 10.0. The summed E-state index contributed by atoms with van der Waals surface area (Å²) in [4.78, 5) is 24.4. The smallest absolute Gasteiger partial charge is 0.306 e. The molecule has 68 heavy (non-hydrogen) atoms. The van der Waals surface area contributed by atoms with Crippen LogP contribution in [0.3, 0.4) is 0 Å². The van der Waals surface area contributed by atoms with Crippen LogP contribution in [0.4, 0.5) is 0 Å². The van der Waals surface area contributed by atoms with Crippen molar-refractivity contribution >= 4 is 11.9 Å². The summed E-state index contributed by atoms with van der Waals surface area (Å²) in [7, 11) is 0. The summed E-state index contributed by atoms with van der Waals surface area (Å²) in [5.74, 6) is -0.632. The number of esters is 2. The molecule has 1 N–H and O–H groups in total. The van der Waals surface area contributed by atoms with Gasteiger partial charge in [0.1, 0.15) is 6.61 Å². The van der Waals surface area contributed by atoms with E-state index in [9.17, 15) is 14.7 Å². The lowest BCUT2D eigenvalue weighted by Crippen LogP contribution is -2.28. The normalized spacial score (nSPS) is 12.7. The van der Waals surface area contributed by atoms with Gasteiger partial charge >= 0.3 is 11.9 Å². The van der Waals surface area contributed by atoms with Gasteiger partial charge in [-0.1, -0.05) is 273 Å². The number of aliphatic hydroxyl groups excluding tert-OH is 1. The molecule has 1 unspecified atom stereocenters. The minimum atomic E-state index is -0.795. The van der Waals surface area contributed by atoms with Crippen molar-refractivity contribution < 1.29 is 24.2 Å². The summed E-state index contributed by atoms with van der Waals surface area (Å²) in [5.41, 5.74) is 0. The molecule has 0 saturated heterocycles. The highest BCUT2D eigenvalue weighted by Crippen LogP contribution is 2.17. The van der Waals surface area contributed by atoms with Crippen molar-refractivity contribution in [3.8, 4) is 0 Å². The largest absolute Gasteiger partial charge is 0.462 e. The van der Waals surface area contributed by atoms with Crippen LogP contribution < -0.4 is 0 Å². The van der Waals surface area contributed by atoms with Gasteiger partial charge in [-0.25, -0.2) is 0 Å². The summed E-state index contributed by atoms with van der Waals surface area (Å²) in [6.07, 6.45) is 80.6. The van der Waals surface area contributed by atoms with Crippen LogP contribution in [0.25, 0.3) is 0 Å². The fourth-order valence-electron chi connectivity index (χ4n) is 8.58. The Morgan fingerprint density at radius 1 is 0.353 bits per heavy atom.